The lowest BCUT2D eigenvalue weighted by atomic mass is 9.89. The Labute approximate surface area is 604 Å². The second-order valence-electron chi connectivity index (χ2n) is 33.0. The van der Waals surface area contributed by atoms with E-state index in [4.69, 9.17) is 18.9 Å². The molecule has 2 unspecified atom stereocenters. The van der Waals surface area contributed by atoms with Gasteiger partial charge in [0, 0.05) is 93.0 Å². The Balaban J connectivity index is 4.55. The molecule has 0 saturated heterocycles. The van der Waals surface area contributed by atoms with E-state index in [1.165, 1.54) is 84.9 Å². The molecule has 0 aromatic rings. The molecule has 572 valence electrons. The molecule has 0 aliphatic heterocycles. The fourth-order valence-corrected chi connectivity index (χ4v) is 10.6. The minimum atomic E-state index is -0.925. The summed E-state index contributed by atoms with van der Waals surface area (Å²) < 4.78 is 24.5. The van der Waals surface area contributed by atoms with E-state index in [1.807, 2.05) is 96.9 Å². The lowest BCUT2D eigenvalue weighted by Crippen LogP contribution is -2.49. The van der Waals surface area contributed by atoms with Crippen molar-refractivity contribution < 1.29 is 52.5 Å². The summed E-state index contributed by atoms with van der Waals surface area (Å²) in [7, 11) is 1.33. The van der Waals surface area contributed by atoms with Gasteiger partial charge in [0.2, 0.25) is 43.3 Å². The van der Waals surface area contributed by atoms with Crippen molar-refractivity contribution in [3.8, 4) is 0 Å². The van der Waals surface area contributed by atoms with Gasteiger partial charge in [-0.2, -0.15) is 0 Å². The van der Waals surface area contributed by atoms with Crippen molar-refractivity contribution in [3.05, 3.63) is 48.6 Å². The van der Waals surface area contributed by atoms with E-state index in [0.29, 0.717) is 85.2 Å². The molecule has 0 bridgehead atoms. The number of hydrogen-bond donors (Lipinski definition) is 7. The maximum Gasteiger partial charge on any atom is 0.242 e. The first kappa shape index (κ1) is 94.2. The number of ether oxygens (including phenoxy) is 4. The van der Waals surface area contributed by atoms with E-state index in [9.17, 15) is 33.6 Å². The molecule has 0 aromatic heterocycles. The minimum absolute atomic E-state index is 0.00715. The fraction of sp³-hybridized carbons (Fsp3) is 0.812. The SMILES string of the molecule is BC(=O)N[C@@H](CCC(=O)NCC(C)(C)COCC(C)(C)CC(=O)NCC(C)(C)COC(C)CNC(=O)CCCCCCC/C=C\C/C=C\CCCCC)C(=O)NCC(C)(C)COCC(C)(C)CC(=O)NCC(C)(C)COC(C)CNC(=O)CCCCCCC/C=C\C/C=C\CCCCC. The van der Waals surface area contributed by atoms with Crippen LogP contribution in [0.1, 0.15) is 291 Å². The summed E-state index contributed by atoms with van der Waals surface area (Å²) in [6, 6.07) is -0.925. The lowest BCUT2D eigenvalue weighted by molar-refractivity contribution is -0.126. The van der Waals surface area contributed by atoms with Crippen LogP contribution in [0.15, 0.2) is 48.6 Å². The molecular weight excluding hydrogens is 1250 g/mol. The van der Waals surface area contributed by atoms with Crippen molar-refractivity contribution in [1.82, 2.24) is 37.2 Å². The number of amides is 7. The third-order valence-electron chi connectivity index (χ3n) is 17.0. The fourth-order valence-electron chi connectivity index (χ4n) is 10.6. The Bertz CT molecular complexity index is 2330. The van der Waals surface area contributed by atoms with Gasteiger partial charge in [0.25, 0.3) is 0 Å². The summed E-state index contributed by atoms with van der Waals surface area (Å²) in [5, 5.41) is 20.8. The third-order valence-corrected chi connectivity index (χ3v) is 17.0. The predicted molar refractivity (Wildman–Crippen MR) is 411 cm³/mol. The topological polar surface area (TPSA) is 241 Å². The normalized spacial score (nSPS) is 13.7. The van der Waals surface area contributed by atoms with Crippen LogP contribution in [0.2, 0.25) is 0 Å². The molecule has 0 heterocycles. The van der Waals surface area contributed by atoms with Crippen LogP contribution >= 0.6 is 0 Å². The lowest BCUT2D eigenvalue weighted by Gasteiger charge is -2.30. The van der Waals surface area contributed by atoms with E-state index in [0.717, 1.165) is 64.2 Å². The average molecular weight is 1390 g/mol. The van der Waals surface area contributed by atoms with Crippen molar-refractivity contribution in [2.45, 2.75) is 309 Å². The molecule has 19 heteroatoms. The Hall–Kier alpha value is -4.85. The van der Waals surface area contributed by atoms with E-state index in [1.54, 1.807) is 0 Å². The number of unbranched alkanes of at least 4 members (excludes halogenated alkanes) is 16. The van der Waals surface area contributed by atoms with Crippen LogP contribution < -0.4 is 37.2 Å². The van der Waals surface area contributed by atoms with Crippen LogP contribution in [0.3, 0.4) is 0 Å². The molecule has 7 amide bonds. The molecule has 7 N–H and O–H groups in total. The Morgan fingerprint density at radius 2 is 0.677 bits per heavy atom. The molecule has 0 rings (SSSR count). The van der Waals surface area contributed by atoms with E-state index < -0.39 is 33.6 Å². The molecule has 0 aromatic carbocycles. The summed E-state index contributed by atoms with van der Waals surface area (Å²) in [6.07, 6.45) is 44.8. The third kappa shape index (κ3) is 59.4. The van der Waals surface area contributed by atoms with Gasteiger partial charge in [-0.3, -0.25) is 33.6 Å². The van der Waals surface area contributed by atoms with Crippen molar-refractivity contribution in [2.75, 3.05) is 78.9 Å². The van der Waals surface area contributed by atoms with Crippen LogP contribution in [0, 0.1) is 32.5 Å². The predicted octanol–water partition coefficient (Wildman–Crippen LogP) is 14.6. The average Bonchev–Trinajstić information content (AvgIpc) is 0.991. The number of carbonyl (C=O) groups excluding carboxylic acids is 7. The highest BCUT2D eigenvalue weighted by atomic mass is 16.5. The molecule has 3 atom stereocenters. The highest BCUT2D eigenvalue weighted by Gasteiger charge is 2.31. The van der Waals surface area contributed by atoms with Gasteiger partial charge in [-0.25, -0.2) is 0 Å². The molecule has 0 radical (unpaired) electrons. The molecule has 0 aliphatic rings. The number of nitrogens with one attached hydrogen (secondary N) is 7. The van der Waals surface area contributed by atoms with E-state index >= 15 is 0 Å². The second kappa shape index (κ2) is 54.8. The highest BCUT2D eigenvalue weighted by Crippen LogP contribution is 2.26. The van der Waals surface area contributed by atoms with Gasteiger partial charge in [-0.05, 0) is 108 Å². The van der Waals surface area contributed by atoms with Crippen LogP contribution in [0.5, 0.6) is 0 Å². The van der Waals surface area contributed by atoms with Gasteiger partial charge in [-0.15, -0.1) is 0 Å². The maximum atomic E-state index is 13.5. The summed E-state index contributed by atoms with van der Waals surface area (Å²) in [6.45, 7) is 36.7. The molecular formula is C80H148BN7O11. The quantitative estimate of drug-likeness (QED) is 0.0172. The van der Waals surface area contributed by atoms with Gasteiger partial charge >= 0.3 is 0 Å². The number of allylic oxidation sites excluding steroid dienone is 8. The van der Waals surface area contributed by atoms with Crippen LogP contribution in [-0.4, -0.2) is 146 Å². The second-order valence-corrected chi connectivity index (χ2v) is 33.0. The first-order valence-electron chi connectivity index (χ1n) is 38.5. The van der Waals surface area contributed by atoms with Gasteiger partial charge in [0.1, 0.15) is 6.04 Å². The Morgan fingerprint density at radius 1 is 0.364 bits per heavy atom. The van der Waals surface area contributed by atoms with Crippen molar-refractivity contribution in [3.63, 3.8) is 0 Å². The molecule has 0 fully saturated rings. The summed E-state index contributed by atoms with van der Waals surface area (Å²) in [5.74, 6) is -1.13. The number of rotatable bonds is 63. The first-order valence-corrected chi connectivity index (χ1v) is 38.5. The van der Waals surface area contributed by atoms with Crippen molar-refractivity contribution in [1.29, 1.82) is 0 Å². The molecule has 99 heavy (non-hydrogen) atoms. The van der Waals surface area contributed by atoms with Gasteiger partial charge in [0.15, 0.2) is 5.81 Å². The largest absolute Gasteiger partial charge is 0.380 e. The zero-order valence-electron chi connectivity index (χ0n) is 66.1. The van der Waals surface area contributed by atoms with Crippen molar-refractivity contribution in [2.24, 2.45) is 32.5 Å². The van der Waals surface area contributed by atoms with Crippen LogP contribution in [-0.2, 0) is 47.7 Å². The van der Waals surface area contributed by atoms with Gasteiger partial charge in [0.05, 0.1) is 51.8 Å². The standard InChI is InChI=1S/C80H148BN7O11/c1-17-19-21-23-25-27-29-31-33-35-37-39-41-43-45-47-68(89)82-53-65(3)98-63-79(13,14)56-85-71(92)51-75(5,6)59-96-61-77(9,10)55-84-70(91)50-49-67(88-74(81)95)73(94)87-58-78(11,12)62-97-60-76(7,8)52-72(93)86-57-80(15,16)64-99-66(4)54-83-69(90)48-46-44-42-40-38-36-34-32-30-28-26-24-22-20-18-2/h25-28,31-34,65-67H,17-24,29-30,35-64,81H2,1-16H3,(H,82,89)(H,83,90)(H,84,91)(H,85,92)(H,86,93)(H,87,94)(H,88,95)/b27-25-,28-26-,33-31-,34-32-/t65?,66?,67-/m0/s1. The summed E-state index contributed by atoms with van der Waals surface area (Å²) >= 11 is 0. The van der Waals surface area contributed by atoms with E-state index in [-0.39, 0.29) is 90.6 Å². The minimum Gasteiger partial charge on any atom is -0.380 e. The molecule has 0 saturated carbocycles. The highest BCUT2D eigenvalue weighted by molar-refractivity contribution is 6.57. The Kier molecular flexibility index (Phi) is 52.1. The van der Waals surface area contributed by atoms with E-state index in [2.05, 4.69) is 99.7 Å². The van der Waals surface area contributed by atoms with Crippen LogP contribution in [0.4, 0.5) is 4.79 Å². The number of hydrogen-bond acceptors (Lipinski definition) is 11. The van der Waals surface area contributed by atoms with Gasteiger partial charge < -0.3 is 56.2 Å². The monoisotopic (exact) mass is 1390 g/mol. The maximum absolute atomic E-state index is 13.5. The summed E-state index contributed by atoms with van der Waals surface area (Å²) in [5.41, 5.74) is -2.53. The molecule has 18 nitrogen and oxygen atoms in total. The zero-order chi connectivity index (χ0) is 74.5. The first-order chi connectivity index (χ1) is 46.6. The smallest absolute Gasteiger partial charge is 0.242 e. The summed E-state index contributed by atoms with van der Waals surface area (Å²) in [4.78, 5) is 90.1. The van der Waals surface area contributed by atoms with Gasteiger partial charge in [-0.1, -0.05) is 210 Å². The Morgan fingerprint density at radius 3 is 1.05 bits per heavy atom. The zero-order valence-corrected chi connectivity index (χ0v) is 66.1. The number of carbonyl (C=O) groups is 7. The van der Waals surface area contributed by atoms with Crippen LogP contribution in [0.25, 0.3) is 0 Å². The molecule has 0 aliphatic carbocycles. The molecule has 0 spiro atoms. The van der Waals surface area contributed by atoms with Crippen molar-refractivity contribution >= 4 is 49.1 Å².